The first kappa shape index (κ1) is 10.1. The minimum atomic E-state index is -0.302. The molecular weight excluding hydrogens is 186 g/mol. The Bertz CT molecular complexity index is 264. The van der Waals surface area contributed by atoms with E-state index >= 15 is 0 Å². The molecule has 0 spiro atoms. The molecule has 0 saturated heterocycles. The van der Waals surface area contributed by atoms with Crippen molar-refractivity contribution in [3.8, 4) is 0 Å². The lowest BCUT2D eigenvalue weighted by Gasteiger charge is -2.02. The van der Waals surface area contributed by atoms with Gasteiger partial charge in [-0.05, 0) is 12.1 Å². The third kappa shape index (κ3) is 3.48. The Morgan fingerprint density at radius 2 is 2.08 bits per heavy atom. The van der Waals surface area contributed by atoms with E-state index < -0.39 is 0 Å². The third-order valence-electron chi connectivity index (χ3n) is 1.46. The molecular formula is C9H11NO2S. The summed E-state index contributed by atoms with van der Waals surface area (Å²) in [6.45, 7) is 0.874. The van der Waals surface area contributed by atoms with Crippen molar-refractivity contribution in [1.82, 2.24) is 4.72 Å². The first-order valence-corrected chi connectivity index (χ1v) is 4.38. The van der Waals surface area contributed by atoms with Crippen LogP contribution in [0.4, 0.5) is 0 Å². The zero-order valence-electron chi connectivity index (χ0n) is 7.06. The summed E-state index contributed by atoms with van der Waals surface area (Å²) in [5, 5.41) is 0. The van der Waals surface area contributed by atoms with Crippen molar-refractivity contribution < 1.29 is 9.53 Å². The summed E-state index contributed by atoms with van der Waals surface area (Å²) in [5.41, 5.74) is 0.571. The Hall–Kier alpha value is -1.00. The van der Waals surface area contributed by atoms with E-state index in [2.05, 4.69) is 17.5 Å². The van der Waals surface area contributed by atoms with Crippen LogP contribution in [0, 0.1) is 0 Å². The maximum Gasteiger partial charge on any atom is 0.338 e. The molecule has 4 heteroatoms. The first-order chi connectivity index (χ1) is 6.34. The highest BCUT2D eigenvalue weighted by Crippen LogP contribution is 2.00. The van der Waals surface area contributed by atoms with Crippen LogP contribution in [0.1, 0.15) is 10.4 Å². The molecule has 0 fully saturated rings. The second-order valence-corrected chi connectivity index (χ2v) is 2.73. The van der Waals surface area contributed by atoms with Crippen molar-refractivity contribution in [1.29, 1.82) is 0 Å². The Labute approximate surface area is 82.6 Å². The molecule has 13 heavy (non-hydrogen) atoms. The summed E-state index contributed by atoms with van der Waals surface area (Å²) < 4.78 is 7.51. The van der Waals surface area contributed by atoms with Gasteiger partial charge < -0.3 is 4.74 Å². The van der Waals surface area contributed by atoms with Crippen LogP contribution in [0.5, 0.6) is 0 Å². The van der Waals surface area contributed by atoms with Gasteiger partial charge in [-0.2, -0.15) is 0 Å². The van der Waals surface area contributed by atoms with Crippen molar-refractivity contribution >= 4 is 18.8 Å². The van der Waals surface area contributed by atoms with Crippen LogP contribution in [0.15, 0.2) is 30.3 Å². The molecule has 70 valence electrons. The van der Waals surface area contributed by atoms with E-state index in [1.165, 1.54) is 0 Å². The standard InChI is InChI=1S/C9H11NO2S/c11-9(12-7-6-10-13)8-4-2-1-3-5-8/h1-5,10,13H,6-7H2. The van der Waals surface area contributed by atoms with E-state index in [1.54, 1.807) is 24.3 Å². The molecule has 0 heterocycles. The van der Waals surface area contributed by atoms with Gasteiger partial charge in [0.05, 0.1) is 5.56 Å². The van der Waals surface area contributed by atoms with Gasteiger partial charge in [-0.15, -0.1) is 0 Å². The molecule has 0 amide bonds. The fourth-order valence-corrected chi connectivity index (χ4v) is 0.938. The lowest BCUT2D eigenvalue weighted by Crippen LogP contribution is -2.14. The average Bonchev–Trinajstić information content (AvgIpc) is 2.19. The Morgan fingerprint density at radius 1 is 1.38 bits per heavy atom. The maximum absolute atomic E-state index is 11.2. The highest BCUT2D eigenvalue weighted by atomic mass is 32.1. The Balaban J connectivity index is 2.40. The SMILES string of the molecule is O=C(OCCNS)c1ccccc1. The van der Waals surface area contributed by atoms with Crippen LogP contribution in [0.3, 0.4) is 0 Å². The summed E-state index contributed by atoms with van der Waals surface area (Å²) in [6.07, 6.45) is 0. The molecule has 0 aliphatic rings. The number of carbonyl (C=O) groups is 1. The number of rotatable bonds is 4. The summed E-state index contributed by atoms with van der Waals surface area (Å²) in [4.78, 5) is 11.2. The van der Waals surface area contributed by atoms with Crippen LogP contribution < -0.4 is 4.72 Å². The predicted octanol–water partition coefficient (Wildman–Crippen LogP) is 1.28. The summed E-state index contributed by atoms with van der Waals surface area (Å²) in [7, 11) is 0. The van der Waals surface area contributed by atoms with E-state index in [9.17, 15) is 4.79 Å². The van der Waals surface area contributed by atoms with E-state index in [1.807, 2.05) is 6.07 Å². The Kier molecular flexibility index (Phi) is 4.35. The normalized spacial score (nSPS) is 9.62. The largest absolute Gasteiger partial charge is 0.461 e. The number of nitrogens with one attached hydrogen (secondary N) is 1. The van der Waals surface area contributed by atoms with E-state index in [4.69, 9.17) is 4.74 Å². The van der Waals surface area contributed by atoms with Gasteiger partial charge in [-0.3, -0.25) is 4.72 Å². The quantitative estimate of drug-likeness (QED) is 0.434. The van der Waals surface area contributed by atoms with Gasteiger partial charge in [-0.1, -0.05) is 31.0 Å². The topological polar surface area (TPSA) is 38.3 Å². The molecule has 0 saturated carbocycles. The summed E-state index contributed by atoms with van der Waals surface area (Å²) in [5.74, 6) is -0.302. The van der Waals surface area contributed by atoms with Gasteiger partial charge in [-0.25, -0.2) is 4.79 Å². The van der Waals surface area contributed by atoms with Crippen molar-refractivity contribution in [3.63, 3.8) is 0 Å². The van der Waals surface area contributed by atoms with Crippen LogP contribution >= 0.6 is 12.8 Å². The van der Waals surface area contributed by atoms with Gasteiger partial charge in [0, 0.05) is 6.54 Å². The molecule has 1 rings (SSSR count). The smallest absolute Gasteiger partial charge is 0.338 e. The van der Waals surface area contributed by atoms with Gasteiger partial charge in [0.15, 0.2) is 0 Å². The highest BCUT2D eigenvalue weighted by Gasteiger charge is 2.03. The van der Waals surface area contributed by atoms with E-state index in [0.29, 0.717) is 18.7 Å². The summed E-state index contributed by atoms with van der Waals surface area (Å²) >= 11 is 3.77. The van der Waals surface area contributed by atoms with Crippen LogP contribution in [-0.4, -0.2) is 19.1 Å². The number of thiol groups is 1. The molecule has 0 aliphatic carbocycles. The molecule has 1 aromatic carbocycles. The molecule has 0 radical (unpaired) electrons. The summed E-state index contributed by atoms with van der Waals surface area (Å²) in [6, 6.07) is 8.89. The average molecular weight is 197 g/mol. The molecule has 0 unspecified atom stereocenters. The fourth-order valence-electron chi connectivity index (χ4n) is 0.847. The second kappa shape index (κ2) is 5.61. The molecule has 0 atom stereocenters. The van der Waals surface area contributed by atoms with Gasteiger partial charge in [0.1, 0.15) is 6.61 Å². The van der Waals surface area contributed by atoms with Crippen molar-refractivity contribution in [2.75, 3.05) is 13.2 Å². The third-order valence-corrected chi connectivity index (χ3v) is 1.68. The number of carbonyl (C=O) groups excluding carboxylic acids is 1. The number of hydrogen-bond donors (Lipinski definition) is 2. The number of esters is 1. The molecule has 0 aromatic heterocycles. The van der Waals surface area contributed by atoms with E-state index in [-0.39, 0.29) is 5.97 Å². The maximum atomic E-state index is 11.2. The number of benzene rings is 1. The molecule has 1 N–H and O–H groups in total. The predicted molar refractivity (Wildman–Crippen MR) is 53.7 cm³/mol. The monoisotopic (exact) mass is 197 g/mol. The number of ether oxygens (including phenoxy) is 1. The van der Waals surface area contributed by atoms with Gasteiger partial charge >= 0.3 is 5.97 Å². The minimum absolute atomic E-state index is 0.302. The molecule has 0 bridgehead atoms. The van der Waals surface area contributed by atoms with Crippen LogP contribution in [0.2, 0.25) is 0 Å². The lowest BCUT2D eigenvalue weighted by atomic mass is 10.2. The van der Waals surface area contributed by atoms with Crippen molar-refractivity contribution in [3.05, 3.63) is 35.9 Å². The van der Waals surface area contributed by atoms with Crippen LogP contribution in [-0.2, 0) is 4.74 Å². The zero-order chi connectivity index (χ0) is 9.52. The van der Waals surface area contributed by atoms with Crippen molar-refractivity contribution in [2.45, 2.75) is 0 Å². The van der Waals surface area contributed by atoms with Gasteiger partial charge in [0.2, 0.25) is 0 Å². The lowest BCUT2D eigenvalue weighted by molar-refractivity contribution is 0.0514. The van der Waals surface area contributed by atoms with Gasteiger partial charge in [0.25, 0.3) is 0 Å². The number of hydrogen-bond acceptors (Lipinski definition) is 4. The van der Waals surface area contributed by atoms with Crippen molar-refractivity contribution in [2.24, 2.45) is 0 Å². The fraction of sp³-hybridized carbons (Fsp3) is 0.222. The zero-order valence-corrected chi connectivity index (χ0v) is 7.96. The highest BCUT2D eigenvalue weighted by molar-refractivity contribution is 7.78. The second-order valence-electron chi connectivity index (χ2n) is 2.41. The Morgan fingerprint density at radius 3 is 2.69 bits per heavy atom. The molecule has 1 aromatic rings. The van der Waals surface area contributed by atoms with E-state index in [0.717, 1.165) is 0 Å². The minimum Gasteiger partial charge on any atom is -0.461 e. The molecule has 3 nitrogen and oxygen atoms in total. The first-order valence-electron chi connectivity index (χ1n) is 3.93. The van der Waals surface area contributed by atoms with Crippen LogP contribution in [0.25, 0.3) is 0 Å². The molecule has 0 aliphatic heterocycles.